The Hall–Kier alpha value is -1.42. The van der Waals surface area contributed by atoms with Gasteiger partial charge in [-0.15, -0.1) is 11.8 Å². The zero-order valence-corrected chi connectivity index (χ0v) is 9.89. The van der Waals surface area contributed by atoms with E-state index in [1.807, 2.05) is 30.5 Å². The number of aromatic nitrogens is 3. The third-order valence-corrected chi connectivity index (χ3v) is 3.23. The Morgan fingerprint density at radius 1 is 1.06 bits per heavy atom. The van der Waals surface area contributed by atoms with Crippen LogP contribution in [-0.4, -0.2) is 20.7 Å². The normalized spacial score (nSPS) is 12.3. The molecule has 0 saturated carbocycles. The second kappa shape index (κ2) is 5.61. The van der Waals surface area contributed by atoms with Crippen molar-refractivity contribution in [3.63, 3.8) is 0 Å². The third kappa shape index (κ3) is 2.58. The van der Waals surface area contributed by atoms with Crippen LogP contribution in [0.25, 0.3) is 0 Å². The molecule has 0 spiro atoms. The minimum atomic E-state index is 0.132. The first-order chi connectivity index (χ1) is 7.92. The molecule has 0 radical (unpaired) electrons. The van der Waals surface area contributed by atoms with Crippen molar-refractivity contribution in [1.29, 1.82) is 0 Å². The van der Waals surface area contributed by atoms with Gasteiger partial charge in [0.1, 0.15) is 11.1 Å². The molecule has 16 heavy (non-hydrogen) atoms. The summed E-state index contributed by atoms with van der Waals surface area (Å²) in [5.74, 6) is 1.84. The van der Waals surface area contributed by atoms with Gasteiger partial charge in [0.15, 0.2) is 0 Å². The number of pyridine rings is 1. The Bertz CT molecular complexity index is 379. The lowest BCUT2D eigenvalue weighted by Gasteiger charge is -2.13. The fraction of sp³-hybridized carbons (Fsp3) is 0.250. The first kappa shape index (κ1) is 11.1. The van der Waals surface area contributed by atoms with Crippen LogP contribution >= 0.6 is 11.8 Å². The maximum Gasteiger partial charge on any atom is 0.147 e. The van der Waals surface area contributed by atoms with Crippen molar-refractivity contribution in [1.82, 2.24) is 15.0 Å². The second-order valence-electron chi connectivity index (χ2n) is 3.20. The van der Waals surface area contributed by atoms with E-state index >= 15 is 0 Å². The highest BCUT2D eigenvalue weighted by molar-refractivity contribution is 7.99. The van der Waals surface area contributed by atoms with E-state index in [2.05, 4.69) is 21.9 Å². The zero-order valence-electron chi connectivity index (χ0n) is 9.08. The highest BCUT2D eigenvalue weighted by Crippen LogP contribution is 2.31. The van der Waals surface area contributed by atoms with E-state index in [4.69, 9.17) is 0 Å². The fourth-order valence-corrected chi connectivity index (χ4v) is 2.35. The van der Waals surface area contributed by atoms with Crippen LogP contribution in [0.2, 0.25) is 0 Å². The third-order valence-electron chi connectivity index (χ3n) is 2.11. The molecular weight excluding hydrogens is 218 g/mol. The number of hydrogen-bond acceptors (Lipinski definition) is 4. The predicted molar refractivity (Wildman–Crippen MR) is 66.2 cm³/mol. The van der Waals surface area contributed by atoms with Gasteiger partial charge >= 0.3 is 0 Å². The smallest absolute Gasteiger partial charge is 0.147 e. The van der Waals surface area contributed by atoms with Crippen molar-refractivity contribution in [2.24, 2.45) is 0 Å². The molecule has 0 aliphatic heterocycles. The molecule has 0 saturated heterocycles. The second-order valence-corrected chi connectivity index (χ2v) is 4.58. The van der Waals surface area contributed by atoms with Gasteiger partial charge in [0.05, 0.1) is 5.69 Å². The first-order valence-corrected chi connectivity index (χ1v) is 6.26. The molecule has 2 aromatic heterocycles. The number of hydrogen-bond donors (Lipinski definition) is 0. The van der Waals surface area contributed by atoms with Crippen molar-refractivity contribution >= 4 is 11.8 Å². The molecule has 2 heterocycles. The SMILES string of the molecule is CCSC(c1ccccn1)c1ncccn1. The minimum absolute atomic E-state index is 0.132. The molecule has 1 atom stereocenters. The average Bonchev–Trinajstić information content (AvgIpc) is 2.38. The Morgan fingerprint density at radius 2 is 1.81 bits per heavy atom. The van der Waals surface area contributed by atoms with Crippen molar-refractivity contribution in [3.8, 4) is 0 Å². The Kier molecular flexibility index (Phi) is 3.88. The molecule has 0 aliphatic carbocycles. The lowest BCUT2D eigenvalue weighted by Crippen LogP contribution is -2.04. The molecule has 82 valence electrons. The van der Waals surface area contributed by atoms with Gasteiger partial charge in [-0.2, -0.15) is 0 Å². The van der Waals surface area contributed by atoms with Gasteiger partial charge in [0, 0.05) is 18.6 Å². The molecule has 3 nitrogen and oxygen atoms in total. The number of nitrogens with zero attached hydrogens (tertiary/aromatic N) is 3. The quantitative estimate of drug-likeness (QED) is 0.811. The van der Waals surface area contributed by atoms with Crippen LogP contribution in [0.4, 0.5) is 0 Å². The summed E-state index contributed by atoms with van der Waals surface area (Å²) in [5.41, 5.74) is 1.01. The summed E-state index contributed by atoms with van der Waals surface area (Å²) in [4.78, 5) is 13.0. The van der Waals surface area contributed by atoms with Gasteiger partial charge in [-0.05, 0) is 24.0 Å². The van der Waals surface area contributed by atoms with Crippen molar-refractivity contribution in [2.75, 3.05) is 5.75 Å². The van der Waals surface area contributed by atoms with Crippen LogP contribution in [0.5, 0.6) is 0 Å². The highest BCUT2D eigenvalue weighted by Gasteiger charge is 2.17. The Labute approximate surface area is 99.4 Å². The molecule has 1 unspecified atom stereocenters. The van der Waals surface area contributed by atoms with Crippen LogP contribution in [0, 0.1) is 0 Å². The lowest BCUT2D eigenvalue weighted by molar-refractivity contribution is 0.917. The van der Waals surface area contributed by atoms with Crippen LogP contribution in [0.1, 0.15) is 23.7 Å². The van der Waals surface area contributed by atoms with Crippen molar-refractivity contribution in [3.05, 3.63) is 54.4 Å². The summed E-state index contributed by atoms with van der Waals surface area (Å²) in [6.45, 7) is 2.13. The zero-order chi connectivity index (χ0) is 11.2. The van der Waals surface area contributed by atoms with E-state index in [0.29, 0.717) is 0 Å². The maximum atomic E-state index is 4.37. The van der Waals surface area contributed by atoms with Crippen LogP contribution in [0.15, 0.2) is 42.9 Å². The molecule has 2 aromatic rings. The fourth-order valence-electron chi connectivity index (χ4n) is 1.44. The van der Waals surface area contributed by atoms with Crippen molar-refractivity contribution in [2.45, 2.75) is 12.2 Å². The molecule has 0 amide bonds. The molecule has 0 fully saturated rings. The van der Waals surface area contributed by atoms with E-state index in [9.17, 15) is 0 Å². The Balaban J connectivity index is 2.31. The summed E-state index contributed by atoms with van der Waals surface area (Å²) in [6.07, 6.45) is 5.35. The summed E-state index contributed by atoms with van der Waals surface area (Å²) >= 11 is 1.80. The van der Waals surface area contributed by atoms with Gasteiger partial charge in [-0.1, -0.05) is 13.0 Å². The molecule has 0 bridgehead atoms. The first-order valence-electron chi connectivity index (χ1n) is 5.21. The largest absolute Gasteiger partial charge is 0.260 e. The van der Waals surface area contributed by atoms with Crippen molar-refractivity contribution < 1.29 is 0 Å². The Morgan fingerprint density at radius 3 is 2.44 bits per heavy atom. The topological polar surface area (TPSA) is 38.7 Å². The van der Waals surface area contributed by atoms with E-state index in [1.165, 1.54) is 0 Å². The molecule has 0 aromatic carbocycles. The van der Waals surface area contributed by atoms with Crippen LogP contribution < -0.4 is 0 Å². The predicted octanol–water partition coefficient (Wildman–Crippen LogP) is 2.71. The monoisotopic (exact) mass is 231 g/mol. The van der Waals surface area contributed by atoms with E-state index in [0.717, 1.165) is 17.3 Å². The summed E-state index contributed by atoms with van der Waals surface area (Å²) in [5, 5.41) is 0.132. The average molecular weight is 231 g/mol. The van der Waals surface area contributed by atoms with E-state index < -0.39 is 0 Å². The van der Waals surface area contributed by atoms with Gasteiger partial charge in [-0.3, -0.25) is 4.98 Å². The summed E-state index contributed by atoms with van der Waals surface area (Å²) in [7, 11) is 0. The van der Waals surface area contributed by atoms with E-state index in [-0.39, 0.29) is 5.25 Å². The maximum absolute atomic E-state index is 4.37. The molecule has 0 aliphatic rings. The van der Waals surface area contributed by atoms with E-state index in [1.54, 1.807) is 24.2 Å². The number of rotatable bonds is 4. The molecular formula is C12H13N3S. The summed E-state index contributed by atoms with van der Waals surface area (Å²) in [6, 6.07) is 7.76. The standard InChI is InChI=1S/C12H13N3S/c1-2-16-11(10-6-3-4-7-13-10)12-14-8-5-9-15-12/h3-9,11H,2H2,1H3. The van der Waals surface area contributed by atoms with Gasteiger partial charge in [0.2, 0.25) is 0 Å². The van der Waals surface area contributed by atoms with Gasteiger partial charge in [-0.25, -0.2) is 9.97 Å². The number of thioether (sulfide) groups is 1. The molecule has 0 N–H and O–H groups in total. The van der Waals surface area contributed by atoms with Crippen LogP contribution in [-0.2, 0) is 0 Å². The summed E-state index contributed by atoms with van der Waals surface area (Å²) < 4.78 is 0. The molecule has 4 heteroatoms. The highest BCUT2D eigenvalue weighted by atomic mass is 32.2. The van der Waals surface area contributed by atoms with Crippen LogP contribution in [0.3, 0.4) is 0 Å². The van der Waals surface area contributed by atoms with Gasteiger partial charge in [0.25, 0.3) is 0 Å². The molecule has 2 rings (SSSR count). The minimum Gasteiger partial charge on any atom is -0.260 e. The lowest BCUT2D eigenvalue weighted by atomic mass is 10.2. The van der Waals surface area contributed by atoms with Gasteiger partial charge < -0.3 is 0 Å².